The minimum Gasteiger partial charge on any atom is -0.348 e. The number of rotatable bonds is 4. The number of likely N-dealkylation sites (tertiary alicyclic amines) is 1. The van der Waals surface area contributed by atoms with E-state index in [1.807, 2.05) is 54.3 Å². The average Bonchev–Trinajstić information content (AvgIpc) is 3.09. The van der Waals surface area contributed by atoms with Gasteiger partial charge in [0, 0.05) is 24.0 Å². The van der Waals surface area contributed by atoms with Gasteiger partial charge in [-0.15, -0.1) is 11.3 Å². The predicted molar refractivity (Wildman–Crippen MR) is 104 cm³/mol. The summed E-state index contributed by atoms with van der Waals surface area (Å²) in [5.41, 5.74) is 6.12. The number of carbonyl (C=O) groups excluding carboxylic acids is 2. The highest BCUT2D eigenvalue weighted by atomic mass is 32.1. The number of nitrogens with two attached hydrogens (primary N) is 1. The molecule has 1 fully saturated rings. The number of aryl methyl sites for hydroxylation is 1. The second kappa shape index (κ2) is 7.60. The van der Waals surface area contributed by atoms with Gasteiger partial charge < -0.3 is 16.0 Å². The average molecular weight is 372 g/mol. The van der Waals surface area contributed by atoms with Gasteiger partial charge >= 0.3 is 0 Å². The van der Waals surface area contributed by atoms with Crippen molar-refractivity contribution in [3.63, 3.8) is 0 Å². The molecule has 138 valence electrons. The highest BCUT2D eigenvalue weighted by molar-refractivity contribution is 7.13. The second-order valence-electron chi connectivity index (χ2n) is 7.02. The lowest BCUT2D eigenvalue weighted by molar-refractivity contribution is -0.137. The van der Waals surface area contributed by atoms with Crippen LogP contribution in [-0.4, -0.2) is 35.8 Å². The third kappa shape index (κ3) is 3.97. The van der Waals surface area contributed by atoms with Crippen molar-refractivity contribution in [3.8, 4) is 0 Å². The molecular formula is C20H25N3O2S. The monoisotopic (exact) mass is 371 g/mol. The summed E-state index contributed by atoms with van der Waals surface area (Å²) in [4.78, 5) is 28.8. The molecule has 0 bridgehead atoms. The first kappa shape index (κ1) is 18.6. The molecule has 5 nitrogen and oxygen atoms in total. The third-order valence-electron chi connectivity index (χ3n) is 4.90. The Morgan fingerprint density at radius 2 is 1.81 bits per heavy atom. The molecule has 0 saturated carbocycles. The molecule has 1 unspecified atom stereocenters. The number of thiophene rings is 1. The molecule has 3 rings (SSSR count). The largest absolute Gasteiger partial charge is 0.348 e. The van der Waals surface area contributed by atoms with Crippen molar-refractivity contribution in [2.45, 2.75) is 38.3 Å². The lowest BCUT2D eigenvalue weighted by atomic mass is 9.90. The van der Waals surface area contributed by atoms with Gasteiger partial charge in [0.15, 0.2) is 0 Å². The van der Waals surface area contributed by atoms with Crippen molar-refractivity contribution in [1.29, 1.82) is 0 Å². The summed E-state index contributed by atoms with van der Waals surface area (Å²) in [6, 6.07) is 13.4. The smallest absolute Gasteiger partial charge is 0.261 e. The van der Waals surface area contributed by atoms with Gasteiger partial charge in [0.1, 0.15) is 5.54 Å². The van der Waals surface area contributed by atoms with Crippen LogP contribution in [-0.2, 0) is 10.3 Å². The first-order chi connectivity index (χ1) is 12.4. The van der Waals surface area contributed by atoms with Crippen LogP contribution in [0.1, 0.15) is 39.9 Å². The normalized spacial score (nSPS) is 17.6. The lowest BCUT2D eigenvalue weighted by Gasteiger charge is -2.37. The number of amides is 2. The molecule has 1 aliphatic heterocycles. The zero-order chi connectivity index (χ0) is 18.7. The van der Waals surface area contributed by atoms with E-state index in [-0.39, 0.29) is 17.9 Å². The summed E-state index contributed by atoms with van der Waals surface area (Å²) in [5.74, 6) is -0.0943. The van der Waals surface area contributed by atoms with Crippen LogP contribution in [0.3, 0.4) is 0 Å². The molecule has 2 amide bonds. The van der Waals surface area contributed by atoms with E-state index in [1.165, 1.54) is 11.3 Å². The Bertz CT molecular complexity index is 777. The fraction of sp³-hybridized carbons (Fsp3) is 0.400. The molecule has 26 heavy (non-hydrogen) atoms. The van der Waals surface area contributed by atoms with Gasteiger partial charge in [0.25, 0.3) is 5.91 Å². The number of benzene rings is 1. The van der Waals surface area contributed by atoms with E-state index in [0.29, 0.717) is 13.1 Å². The summed E-state index contributed by atoms with van der Waals surface area (Å²) in [7, 11) is 0. The molecule has 2 heterocycles. The summed E-state index contributed by atoms with van der Waals surface area (Å²) in [6.45, 7) is 4.96. The van der Waals surface area contributed by atoms with Gasteiger partial charge in [-0.25, -0.2) is 0 Å². The highest BCUT2D eigenvalue weighted by Gasteiger charge is 2.36. The first-order valence-electron chi connectivity index (χ1n) is 8.89. The Morgan fingerprint density at radius 3 is 2.38 bits per heavy atom. The van der Waals surface area contributed by atoms with Gasteiger partial charge in [-0.2, -0.15) is 0 Å². The lowest BCUT2D eigenvalue weighted by Crippen LogP contribution is -2.54. The Kier molecular flexibility index (Phi) is 5.44. The van der Waals surface area contributed by atoms with E-state index in [9.17, 15) is 9.59 Å². The number of hydrogen-bond acceptors (Lipinski definition) is 4. The molecule has 3 N–H and O–H groups in total. The predicted octanol–water partition coefficient (Wildman–Crippen LogP) is 2.65. The fourth-order valence-corrected chi connectivity index (χ4v) is 4.05. The molecule has 0 spiro atoms. The van der Waals surface area contributed by atoms with E-state index >= 15 is 0 Å². The number of nitrogens with zero attached hydrogens (tertiary/aromatic N) is 1. The van der Waals surface area contributed by atoms with Crippen molar-refractivity contribution in [3.05, 3.63) is 57.8 Å². The Labute approximate surface area is 158 Å². The van der Waals surface area contributed by atoms with Crippen LogP contribution >= 0.6 is 11.3 Å². The molecule has 1 saturated heterocycles. The van der Waals surface area contributed by atoms with Crippen LogP contribution in [0, 0.1) is 6.92 Å². The van der Waals surface area contributed by atoms with Crippen LogP contribution in [0.15, 0.2) is 42.5 Å². The SMILES string of the molecule is Cc1ccc(C(=O)NC2CCN(C(=O)C(C)(N)c3ccccc3)CC2)s1. The molecule has 0 aliphatic carbocycles. The minimum atomic E-state index is -1.04. The van der Waals surface area contributed by atoms with Gasteiger partial charge in [-0.3, -0.25) is 9.59 Å². The van der Waals surface area contributed by atoms with Crippen LogP contribution < -0.4 is 11.1 Å². The van der Waals surface area contributed by atoms with Crippen molar-refractivity contribution in [2.24, 2.45) is 5.73 Å². The molecule has 1 aliphatic rings. The number of hydrogen-bond donors (Lipinski definition) is 2. The molecule has 1 aromatic heterocycles. The standard InChI is InChI=1S/C20H25N3O2S/c1-14-8-9-17(26-14)18(24)22-16-10-12-23(13-11-16)19(25)20(2,21)15-6-4-3-5-7-15/h3-9,16H,10-13,21H2,1-2H3,(H,22,24). The van der Waals surface area contributed by atoms with E-state index in [1.54, 1.807) is 6.92 Å². The van der Waals surface area contributed by atoms with Crippen molar-refractivity contribution < 1.29 is 9.59 Å². The zero-order valence-electron chi connectivity index (χ0n) is 15.2. The molecule has 0 radical (unpaired) electrons. The van der Waals surface area contributed by atoms with Gasteiger partial charge in [-0.1, -0.05) is 30.3 Å². The third-order valence-corrected chi connectivity index (χ3v) is 5.90. The summed E-state index contributed by atoms with van der Waals surface area (Å²) >= 11 is 1.50. The zero-order valence-corrected chi connectivity index (χ0v) is 16.0. The Hall–Kier alpha value is -2.18. The molecule has 6 heteroatoms. The van der Waals surface area contributed by atoms with Crippen molar-refractivity contribution in [2.75, 3.05) is 13.1 Å². The van der Waals surface area contributed by atoms with Gasteiger partial charge in [0.05, 0.1) is 4.88 Å². The maximum absolute atomic E-state index is 12.9. The van der Waals surface area contributed by atoms with Gasteiger partial charge in [0.2, 0.25) is 5.91 Å². The first-order valence-corrected chi connectivity index (χ1v) is 9.70. The number of nitrogens with one attached hydrogen (secondary N) is 1. The minimum absolute atomic E-state index is 0.0270. The van der Waals surface area contributed by atoms with E-state index in [2.05, 4.69) is 5.32 Å². The Morgan fingerprint density at radius 1 is 1.15 bits per heavy atom. The number of piperidine rings is 1. The van der Waals surface area contributed by atoms with E-state index in [4.69, 9.17) is 5.73 Å². The summed E-state index contributed by atoms with van der Waals surface area (Å²) in [5, 5.41) is 3.08. The summed E-state index contributed by atoms with van der Waals surface area (Å²) < 4.78 is 0. The molecule has 2 aromatic rings. The second-order valence-corrected chi connectivity index (χ2v) is 8.31. The molecule has 1 atom stereocenters. The van der Waals surface area contributed by atoms with Crippen molar-refractivity contribution in [1.82, 2.24) is 10.2 Å². The maximum atomic E-state index is 12.9. The maximum Gasteiger partial charge on any atom is 0.261 e. The summed E-state index contributed by atoms with van der Waals surface area (Å²) in [6.07, 6.45) is 1.49. The molecular weight excluding hydrogens is 346 g/mol. The van der Waals surface area contributed by atoms with Crippen molar-refractivity contribution >= 4 is 23.2 Å². The highest BCUT2D eigenvalue weighted by Crippen LogP contribution is 2.23. The number of carbonyl (C=O) groups is 2. The van der Waals surface area contributed by atoms with Crippen LogP contribution in [0.25, 0.3) is 0 Å². The van der Waals surface area contributed by atoms with E-state index in [0.717, 1.165) is 28.2 Å². The fourth-order valence-electron chi connectivity index (χ4n) is 3.28. The molecule has 1 aromatic carbocycles. The Balaban J connectivity index is 1.56. The van der Waals surface area contributed by atoms with Crippen LogP contribution in [0.2, 0.25) is 0 Å². The van der Waals surface area contributed by atoms with Gasteiger partial charge in [-0.05, 0) is 44.4 Å². The topological polar surface area (TPSA) is 75.4 Å². The van der Waals surface area contributed by atoms with Crippen LogP contribution in [0.4, 0.5) is 0 Å². The van der Waals surface area contributed by atoms with Crippen LogP contribution in [0.5, 0.6) is 0 Å². The van der Waals surface area contributed by atoms with E-state index < -0.39 is 5.54 Å². The quantitative estimate of drug-likeness (QED) is 0.868.